The van der Waals surface area contributed by atoms with Crippen LogP contribution in [0.5, 0.6) is 0 Å². The standard InChI is InChI=1S/C17H36N2O/c1-4-7-15-8-9-17(18-6-3)16(13-15)14-19(10-5-2)11-12-20/h15-18,20H,4-14H2,1-3H3. The molecule has 3 heteroatoms. The summed E-state index contributed by atoms with van der Waals surface area (Å²) in [5.74, 6) is 1.69. The van der Waals surface area contributed by atoms with E-state index < -0.39 is 0 Å². The maximum absolute atomic E-state index is 9.24. The van der Waals surface area contributed by atoms with Crippen molar-refractivity contribution in [1.82, 2.24) is 10.2 Å². The second kappa shape index (κ2) is 10.6. The quantitative estimate of drug-likeness (QED) is 0.647. The Kier molecular flexibility index (Phi) is 9.49. The molecule has 20 heavy (non-hydrogen) atoms. The summed E-state index contributed by atoms with van der Waals surface area (Å²) in [6.07, 6.45) is 7.99. The van der Waals surface area contributed by atoms with Crippen molar-refractivity contribution in [2.45, 2.75) is 65.3 Å². The fourth-order valence-corrected chi connectivity index (χ4v) is 3.85. The van der Waals surface area contributed by atoms with E-state index in [9.17, 15) is 5.11 Å². The molecular formula is C17H36N2O. The van der Waals surface area contributed by atoms with Gasteiger partial charge in [0.25, 0.3) is 0 Å². The van der Waals surface area contributed by atoms with Gasteiger partial charge in [0.15, 0.2) is 0 Å². The Hall–Kier alpha value is -0.120. The highest BCUT2D eigenvalue weighted by molar-refractivity contribution is 4.86. The average Bonchev–Trinajstić information content (AvgIpc) is 2.43. The Morgan fingerprint density at radius 3 is 2.50 bits per heavy atom. The lowest BCUT2D eigenvalue weighted by Gasteiger charge is -2.39. The van der Waals surface area contributed by atoms with Gasteiger partial charge in [-0.25, -0.2) is 0 Å². The van der Waals surface area contributed by atoms with Gasteiger partial charge >= 0.3 is 0 Å². The molecule has 0 amide bonds. The third kappa shape index (κ3) is 6.11. The first-order chi connectivity index (χ1) is 9.74. The van der Waals surface area contributed by atoms with Crippen LogP contribution in [0.3, 0.4) is 0 Å². The molecule has 1 aliphatic carbocycles. The van der Waals surface area contributed by atoms with E-state index in [0.29, 0.717) is 6.04 Å². The first-order valence-corrected chi connectivity index (χ1v) is 8.81. The second-order valence-corrected chi connectivity index (χ2v) is 6.42. The van der Waals surface area contributed by atoms with Gasteiger partial charge < -0.3 is 15.3 Å². The monoisotopic (exact) mass is 284 g/mol. The van der Waals surface area contributed by atoms with Crippen LogP contribution >= 0.6 is 0 Å². The zero-order valence-corrected chi connectivity index (χ0v) is 13.9. The summed E-state index contributed by atoms with van der Waals surface area (Å²) in [6.45, 7) is 11.2. The van der Waals surface area contributed by atoms with Crippen molar-refractivity contribution in [2.75, 3.05) is 32.8 Å². The maximum Gasteiger partial charge on any atom is 0.0558 e. The fourth-order valence-electron chi connectivity index (χ4n) is 3.85. The SMILES string of the molecule is CCCC1CCC(NCC)C(CN(CCC)CCO)C1. The summed E-state index contributed by atoms with van der Waals surface area (Å²) in [5.41, 5.74) is 0. The lowest BCUT2D eigenvalue weighted by Crippen LogP contribution is -2.46. The first-order valence-electron chi connectivity index (χ1n) is 8.81. The summed E-state index contributed by atoms with van der Waals surface area (Å²) in [6, 6.07) is 0.686. The van der Waals surface area contributed by atoms with Gasteiger partial charge in [-0.3, -0.25) is 0 Å². The summed E-state index contributed by atoms with van der Waals surface area (Å²) >= 11 is 0. The van der Waals surface area contributed by atoms with Crippen molar-refractivity contribution < 1.29 is 5.11 Å². The zero-order valence-electron chi connectivity index (χ0n) is 13.9. The van der Waals surface area contributed by atoms with Gasteiger partial charge in [0.1, 0.15) is 0 Å². The van der Waals surface area contributed by atoms with E-state index in [4.69, 9.17) is 0 Å². The highest BCUT2D eigenvalue weighted by Crippen LogP contribution is 2.32. The molecule has 1 aliphatic rings. The maximum atomic E-state index is 9.24. The summed E-state index contributed by atoms with van der Waals surface area (Å²) < 4.78 is 0. The smallest absolute Gasteiger partial charge is 0.0558 e. The predicted molar refractivity (Wildman–Crippen MR) is 87.0 cm³/mol. The fraction of sp³-hybridized carbons (Fsp3) is 1.00. The third-order valence-electron chi connectivity index (χ3n) is 4.70. The molecule has 1 fully saturated rings. The highest BCUT2D eigenvalue weighted by Gasteiger charge is 2.30. The molecule has 0 bridgehead atoms. The molecule has 0 aliphatic heterocycles. The van der Waals surface area contributed by atoms with Gasteiger partial charge in [-0.2, -0.15) is 0 Å². The summed E-state index contributed by atoms with van der Waals surface area (Å²) in [5, 5.41) is 12.9. The van der Waals surface area contributed by atoms with Crippen LogP contribution in [0.25, 0.3) is 0 Å². The Bertz CT molecular complexity index is 229. The number of aliphatic hydroxyl groups excluding tert-OH is 1. The van der Waals surface area contributed by atoms with Gasteiger partial charge in [0, 0.05) is 19.1 Å². The summed E-state index contributed by atoms with van der Waals surface area (Å²) in [7, 11) is 0. The lowest BCUT2D eigenvalue weighted by atomic mass is 9.76. The van der Waals surface area contributed by atoms with Crippen molar-refractivity contribution in [3.63, 3.8) is 0 Å². The normalized spacial score (nSPS) is 27.1. The molecule has 3 nitrogen and oxygen atoms in total. The molecule has 120 valence electrons. The number of aliphatic hydroxyl groups is 1. The molecule has 1 rings (SSSR count). The predicted octanol–water partition coefficient (Wildman–Crippen LogP) is 2.89. The molecule has 2 N–H and O–H groups in total. The molecule has 1 saturated carbocycles. The molecule has 0 heterocycles. The number of nitrogens with one attached hydrogen (secondary N) is 1. The third-order valence-corrected chi connectivity index (χ3v) is 4.70. The highest BCUT2D eigenvalue weighted by atomic mass is 16.3. The Labute approximate surface area is 126 Å². The van der Waals surface area contributed by atoms with Crippen LogP contribution in [0.1, 0.15) is 59.3 Å². The van der Waals surface area contributed by atoms with Crippen LogP contribution in [0.4, 0.5) is 0 Å². The topological polar surface area (TPSA) is 35.5 Å². The second-order valence-electron chi connectivity index (χ2n) is 6.42. The molecule has 0 aromatic rings. The Balaban J connectivity index is 2.56. The van der Waals surface area contributed by atoms with E-state index in [1.165, 1.54) is 38.5 Å². The van der Waals surface area contributed by atoms with Gasteiger partial charge in [-0.15, -0.1) is 0 Å². The van der Waals surface area contributed by atoms with E-state index >= 15 is 0 Å². The molecule has 0 saturated heterocycles. The van der Waals surface area contributed by atoms with Crippen molar-refractivity contribution in [3.05, 3.63) is 0 Å². The van der Waals surface area contributed by atoms with E-state index in [1.807, 2.05) is 0 Å². The van der Waals surface area contributed by atoms with Crippen LogP contribution in [-0.2, 0) is 0 Å². The number of nitrogens with zero attached hydrogens (tertiary/aromatic N) is 1. The molecule has 0 spiro atoms. The summed E-state index contributed by atoms with van der Waals surface area (Å²) in [4.78, 5) is 2.46. The van der Waals surface area contributed by atoms with Crippen LogP contribution < -0.4 is 5.32 Å². The molecule has 0 radical (unpaired) electrons. The van der Waals surface area contributed by atoms with Crippen molar-refractivity contribution in [3.8, 4) is 0 Å². The van der Waals surface area contributed by atoms with Crippen molar-refractivity contribution in [2.24, 2.45) is 11.8 Å². The molecule has 0 aromatic carbocycles. The number of hydrogen-bond acceptors (Lipinski definition) is 3. The van der Waals surface area contributed by atoms with Crippen LogP contribution in [0, 0.1) is 11.8 Å². The van der Waals surface area contributed by atoms with Crippen LogP contribution in [0.15, 0.2) is 0 Å². The van der Waals surface area contributed by atoms with E-state index in [2.05, 4.69) is 31.0 Å². The number of hydrogen-bond donors (Lipinski definition) is 2. The Morgan fingerprint density at radius 2 is 1.90 bits per heavy atom. The Morgan fingerprint density at radius 1 is 1.10 bits per heavy atom. The van der Waals surface area contributed by atoms with Gasteiger partial charge in [-0.1, -0.05) is 33.6 Å². The molecule has 0 aromatic heterocycles. The lowest BCUT2D eigenvalue weighted by molar-refractivity contribution is 0.120. The minimum Gasteiger partial charge on any atom is -0.395 e. The minimum absolute atomic E-state index is 0.289. The van der Waals surface area contributed by atoms with E-state index in [1.54, 1.807) is 0 Å². The van der Waals surface area contributed by atoms with Crippen molar-refractivity contribution >= 4 is 0 Å². The van der Waals surface area contributed by atoms with Crippen molar-refractivity contribution in [1.29, 1.82) is 0 Å². The largest absolute Gasteiger partial charge is 0.395 e. The molecule has 3 unspecified atom stereocenters. The van der Waals surface area contributed by atoms with Crippen LogP contribution in [-0.4, -0.2) is 48.8 Å². The van der Waals surface area contributed by atoms with E-state index in [-0.39, 0.29) is 6.61 Å². The molecule has 3 atom stereocenters. The zero-order chi connectivity index (χ0) is 14.8. The molecular weight excluding hydrogens is 248 g/mol. The van der Waals surface area contributed by atoms with Crippen LogP contribution in [0.2, 0.25) is 0 Å². The number of rotatable bonds is 10. The van der Waals surface area contributed by atoms with Gasteiger partial charge in [-0.05, 0) is 50.6 Å². The minimum atomic E-state index is 0.289. The van der Waals surface area contributed by atoms with Gasteiger partial charge in [0.2, 0.25) is 0 Å². The van der Waals surface area contributed by atoms with E-state index in [0.717, 1.165) is 38.0 Å². The first kappa shape index (κ1) is 17.9. The van der Waals surface area contributed by atoms with Gasteiger partial charge in [0.05, 0.1) is 6.61 Å². The average molecular weight is 284 g/mol.